The largest absolute Gasteiger partial charge is 0.371 e. The fourth-order valence-corrected chi connectivity index (χ4v) is 4.74. The molecule has 5 nitrogen and oxygen atoms in total. The zero-order chi connectivity index (χ0) is 19.5. The molecule has 0 aromatic heterocycles. The second-order valence-electron chi connectivity index (χ2n) is 8.76. The zero-order valence-corrected chi connectivity index (χ0v) is 17.0. The van der Waals surface area contributed by atoms with Crippen LogP contribution in [0.1, 0.15) is 68.6 Å². The maximum Gasteiger partial charge on any atom is 0.256 e. The van der Waals surface area contributed by atoms with Crippen LogP contribution in [-0.4, -0.2) is 48.4 Å². The lowest BCUT2D eigenvalue weighted by atomic mass is 9.84. The van der Waals surface area contributed by atoms with Crippen molar-refractivity contribution in [2.45, 2.75) is 70.4 Å². The highest BCUT2D eigenvalue weighted by molar-refractivity contribution is 6.00. The fourth-order valence-electron chi connectivity index (χ4n) is 4.74. The molecule has 3 fully saturated rings. The highest BCUT2D eigenvalue weighted by atomic mass is 16.2. The monoisotopic (exact) mass is 383 g/mol. The molecule has 0 radical (unpaired) electrons. The Balaban J connectivity index is 1.40. The van der Waals surface area contributed by atoms with E-state index in [0.29, 0.717) is 6.04 Å². The molecule has 1 aliphatic carbocycles. The van der Waals surface area contributed by atoms with Crippen LogP contribution < -0.4 is 10.2 Å². The van der Waals surface area contributed by atoms with Gasteiger partial charge in [0.15, 0.2) is 0 Å². The predicted octanol–water partition coefficient (Wildman–Crippen LogP) is 3.59. The Morgan fingerprint density at radius 2 is 1.68 bits per heavy atom. The van der Waals surface area contributed by atoms with Gasteiger partial charge in [0.1, 0.15) is 0 Å². The second kappa shape index (κ2) is 8.54. The first-order valence-electron chi connectivity index (χ1n) is 11.1. The summed E-state index contributed by atoms with van der Waals surface area (Å²) >= 11 is 0. The first-order chi connectivity index (χ1) is 13.6. The van der Waals surface area contributed by atoms with Gasteiger partial charge in [0.2, 0.25) is 5.91 Å². The highest BCUT2D eigenvalue weighted by Crippen LogP contribution is 2.29. The summed E-state index contributed by atoms with van der Waals surface area (Å²) in [6.45, 7) is 4.80. The average Bonchev–Trinajstić information content (AvgIpc) is 2.67. The Bertz CT molecular complexity index is 708. The number of benzene rings is 1. The van der Waals surface area contributed by atoms with Crippen molar-refractivity contribution in [3.63, 3.8) is 0 Å². The summed E-state index contributed by atoms with van der Waals surface area (Å²) in [6, 6.07) is 8.64. The number of carbonyl (C=O) groups is 2. The van der Waals surface area contributed by atoms with Crippen LogP contribution in [-0.2, 0) is 4.79 Å². The van der Waals surface area contributed by atoms with Crippen LogP contribution in [0.2, 0.25) is 0 Å². The van der Waals surface area contributed by atoms with E-state index in [0.717, 1.165) is 69.4 Å². The van der Waals surface area contributed by atoms with E-state index in [1.807, 2.05) is 23.1 Å². The second-order valence-corrected chi connectivity index (χ2v) is 8.76. The summed E-state index contributed by atoms with van der Waals surface area (Å²) < 4.78 is 0. The lowest BCUT2D eigenvalue weighted by molar-refractivity contribution is -0.128. The van der Waals surface area contributed by atoms with Crippen LogP contribution in [0.4, 0.5) is 5.69 Å². The third kappa shape index (κ3) is 4.03. The quantitative estimate of drug-likeness (QED) is 0.865. The van der Waals surface area contributed by atoms with Gasteiger partial charge in [-0.1, -0.05) is 18.6 Å². The minimum atomic E-state index is 0.170. The third-order valence-corrected chi connectivity index (χ3v) is 6.86. The van der Waals surface area contributed by atoms with Gasteiger partial charge in [-0.15, -0.1) is 0 Å². The van der Waals surface area contributed by atoms with Crippen LogP contribution >= 0.6 is 0 Å². The standard InChI is InChI=1S/C23H33N3O2/c1-17-7-4-5-14-26(17)23(28)20-10-2-3-11-21(20)25-15-12-19(13-16-25)24-22(27)18-8-6-9-18/h2-3,10-11,17-19H,4-9,12-16H2,1H3,(H,24,27)/t17-/m0/s1. The van der Waals surface area contributed by atoms with E-state index >= 15 is 0 Å². The van der Waals surface area contributed by atoms with E-state index in [1.165, 1.54) is 12.8 Å². The third-order valence-electron chi connectivity index (χ3n) is 6.86. The van der Waals surface area contributed by atoms with Gasteiger partial charge in [0.05, 0.1) is 5.56 Å². The number of anilines is 1. The maximum atomic E-state index is 13.2. The van der Waals surface area contributed by atoms with Gasteiger partial charge in [-0.2, -0.15) is 0 Å². The van der Waals surface area contributed by atoms with Gasteiger partial charge in [-0.3, -0.25) is 9.59 Å². The van der Waals surface area contributed by atoms with Crippen LogP contribution in [0.15, 0.2) is 24.3 Å². The van der Waals surface area contributed by atoms with Gasteiger partial charge in [-0.25, -0.2) is 0 Å². The summed E-state index contributed by atoms with van der Waals surface area (Å²) in [4.78, 5) is 29.8. The van der Waals surface area contributed by atoms with E-state index < -0.39 is 0 Å². The minimum Gasteiger partial charge on any atom is -0.371 e. The smallest absolute Gasteiger partial charge is 0.256 e. The molecule has 3 aliphatic rings. The molecule has 2 heterocycles. The molecule has 28 heavy (non-hydrogen) atoms. The number of nitrogens with one attached hydrogen (secondary N) is 1. The van der Waals surface area contributed by atoms with Crippen LogP contribution in [0.25, 0.3) is 0 Å². The number of para-hydroxylation sites is 1. The molecule has 0 unspecified atom stereocenters. The van der Waals surface area contributed by atoms with Crippen molar-refractivity contribution in [3.8, 4) is 0 Å². The Morgan fingerprint density at radius 3 is 2.36 bits per heavy atom. The van der Waals surface area contributed by atoms with Crippen LogP contribution in [0.5, 0.6) is 0 Å². The predicted molar refractivity (Wildman–Crippen MR) is 112 cm³/mol. The minimum absolute atomic E-state index is 0.170. The fraction of sp³-hybridized carbons (Fsp3) is 0.652. The van der Waals surface area contributed by atoms with E-state index in [9.17, 15) is 9.59 Å². The molecule has 4 rings (SSSR count). The van der Waals surface area contributed by atoms with Gasteiger partial charge >= 0.3 is 0 Å². The molecule has 2 amide bonds. The zero-order valence-electron chi connectivity index (χ0n) is 17.0. The van der Waals surface area contributed by atoms with Crippen molar-refractivity contribution < 1.29 is 9.59 Å². The first kappa shape index (κ1) is 19.3. The van der Waals surface area contributed by atoms with E-state index in [1.54, 1.807) is 0 Å². The first-order valence-corrected chi connectivity index (χ1v) is 11.1. The van der Waals surface area contributed by atoms with Gasteiger partial charge in [0.25, 0.3) is 5.91 Å². The number of likely N-dealkylation sites (tertiary alicyclic amines) is 1. The lowest BCUT2D eigenvalue weighted by Crippen LogP contribution is -2.48. The molecule has 5 heteroatoms. The number of hydrogen-bond acceptors (Lipinski definition) is 3. The van der Waals surface area contributed by atoms with E-state index in [2.05, 4.69) is 23.2 Å². The van der Waals surface area contributed by atoms with Gasteiger partial charge in [-0.05, 0) is 64.0 Å². The Hall–Kier alpha value is -2.04. The summed E-state index contributed by atoms with van der Waals surface area (Å²) in [7, 11) is 0. The van der Waals surface area contributed by atoms with Crippen molar-refractivity contribution >= 4 is 17.5 Å². The van der Waals surface area contributed by atoms with Crippen molar-refractivity contribution in [1.29, 1.82) is 0 Å². The molecule has 1 aromatic rings. The highest BCUT2D eigenvalue weighted by Gasteiger charge is 2.30. The molecule has 1 saturated carbocycles. The Morgan fingerprint density at radius 1 is 0.929 bits per heavy atom. The number of hydrogen-bond donors (Lipinski definition) is 1. The van der Waals surface area contributed by atoms with Crippen molar-refractivity contribution in [3.05, 3.63) is 29.8 Å². The lowest BCUT2D eigenvalue weighted by Gasteiger charge is -2.38. The topological polar surface area (TPSA) is 52.7 Å². The van der Waals surface area contributed by atoms with Crippen LogP contribution in [0.3, 0.4) is 0 Å². The molecular formula is C23H33N3O2. The Kier molecular flexibility index (Phi) is 5.88. The number of piperidine rings is 2. The number of amides is 2. The molecule has 152 valence electrons. The summed E-state index contributed by atoms with van der Waals surface area (Å²) in [5.74, 6) is 0.672. The molecule has 1 atom stereocenters. The van der Waals surface area contributed by atoms with Gasteiger partial charge < -0.3 is 15.1 Å². The normalized spacial score (nSPS) is 24.0. The van der Waals surface area contributed by atoms with Crippen LogP contribution in [0, 0.1) is 5.92 Å². The SMILES string of the molecule is C[C@H]1CCCCN1C(=O)c1ccccc1N1CCC(NC(=O)C2CCC2)CC1. The van der Waals surface area contributed by atoms with Crippen molar-refractivity contribution in [1.82, 2.24) is 10.2 Å². The van der Waals surface area contributed by atoms with Crippen molar-refractivity contribution in [2.75, 3.05) is 24.5 Å². The number of carbonyl (C=O) groups excluding carboxylic acids is 2. The van der Waals surface area contributed by atoms with Gasteiger partial charge in [0, 0.05) is 43.3 Å². The summed E-state index contributed by atoms with van der Waals surface area (Å²) in [6.07, 6.45) is 8.60. The summed E-state index contributed by atoms with van der Waals surface area (Å²) in [5, 5.41) is 3.25. The molecule has 2 saturated heterocycles. The summed E-state index contributed by atoms with van der Waals surface area (Å²) in [5.41, 5.74) is 1.88. The molecular weight excluding hydrogens is 350 g/mol. The van der Waals surface area contributed by atoms with E-state index in [4.69, 9.17) is 0 Å². The van der Waals surface area contributed by atoms with E-state index in [-0.39, 0.29) is 23.8 Å². The number of nitrogens with zero attached hydrogens (tertiary/aromatic N) is 2. The molecule has 0 spiro atoms. The molecule has 1 N–H and O–H groups in total. The molecule has 1 aromatic carbocycles. The maximum absolute atomic E-state index is 13.2. The Labute approximate surface area is 168 Å². The average molecular weight is 384 g/mol. The van der Waals surface area contributed by atoms with Crippen molar-refractivity contribution in [2.24, 2.45) is 5.92 Å². The molecule has 2 aliphatic heterocycles. The number of rotatable bonds is 4. The molecule has 0 bridgehead atoms.